The number of hydrogen-bond acceptors (Lipinski definition) is 5. The fraction of sp³-hybridized carbons (Fsp3) is 0.765. The van der Waals surface area contributed by atoms with E-state index in [0.29, 0.717) is 12.6 Å². The summed E-state index contributed by atoms with van der Waals surface area (Å²) in [7, 11) is 5.80. The first kappa shape index (κ1) is 22.4. The number of hydrogen-bond donors (Lipinski definition) is 2. The Morgan fingerprint density at radius 2 is 2.12 bits per heavy atom. The molecule has 25 heavy (non-hydrogen) atoms. The molecule has 0 aliphatic heterocycles. The molecular weight excluding hydrogens is 449 g/mol. The van der Waals surface area contributed by atoms with E-state index in [1.54, 1.807) is 18.4 Å². The minimum absolute atomic E-state index is 0. The molecular formula is C17H32IN5OS. The average molecular weight is 481 g/mol. The molecule has 1 aromatic heterocycles. The van der Waals surface area contributed by atoms with Crippen LogP contribution in [0.1, 0.15) is 39.8 Å². The van der Waals surface area contributed by atoms with Crippen molar-refractivity contribution in [3.63, 3.8) is 0 Å². The number of halogens is 1. The lowest BCUT2D eigenvalue weighted by Gasteiger charge is -2.59. The van der Waals surface area contributed by atoms with Crippen LogP contribution in [0.3, 0.4) is 0 Å². The maximum Gasteiger partial charge on any atom is 0.191 e. The van der Waals surface area contributed by atoms with Crippen LogP contribution < -0.4 is 15.5 Å². The first-order valence-corrected chi connectivity index (χ1v) is 9.33. The third-order valence-electron chi connectivity index (χ3n) is 5.25. The van der Waals surface area contributed by atoms with Gasteiger partial charge >= 0.3 is 0 Å². The standard InChI is InChI=1S/C17H31N5OS.HI/c1-8-18-14(19-10-12-11-24-15(20-12)22(5)6)21-13-9-17(4,23-7)16(13,2)3;/h11,13H,8-10H2,1-7H3,(H2,18,19,21);1H. The van der Waals surface area contributed by atoms with Gasteiger partial charge in [0.05, 0.1) is 17.8 Å². The first-order valence-electron chi connectivity index (χ1n) is 8.45. The van der Waals surface area contributed by atoms with Gasteiger partial charge in [-0.25, -0.2) is 9.98 Å². The summed E-state index contributed by atoms with van der Waals surface area (Å²) in [5.41, 5.74) is 0.962. The second kappa shape index (κ2) is 8.85. The van der Waals surface area contributed by atoms with Crippen molar-refractivity contribution in [3.05, 3.63) is 11.1 Å². The van der Waals surface area contributed by atoms with Crippen LogP contribution in [0.5, 0.6) is 0 Å². The maximum absolute atomic E-state index is 5.70. The third kappa shape index (κ3) is 4.77. The van der Waals surface area contributed by atoms with Crippen LogP contribution in [0.4, 0.5) is 5.13 Å². The Bertz CT molecular complexity index is 589. The van der Waals surface area contributed by atoms with Crippen LogP contribution in [-0.4, -0.2) is 50.3 Å². The van der Waals surface area contributed by atoms with Crippen LogP contribution in [0, 0.1) is 5.41 Å². The zero-order valence-corrected chi connectivity index (χ0v) is 19.5. The van der Waals surface area contributed by atoms with Crippen LogP contribution in [0.2, 0.25) is 0 Å². The van der Waals surface area contributed by atoms with E-state index >= 15 is 0 Å². The smallest absolute Gasteiger partial charge is 0.191 e. The first-order chi connectivity index (χ1) is 11.2. The Balaban J connectivity index is 0.00000312. The van der Waals surface area contributed by atoms with E-state index in [4.69, 9.17) is 9.73 Å². The summed E-state index contributed by atoms with van der Waals surface area (Å²) in [4.78, 5) is 11.3. The van der Waals surface area contributed by atoms with Gasteiger partial charge in [-0.15, -0.1) is 35.3 Å². The van der Waals surface area contributed by atoms with Crippen LogP contribution in [0.25, 0.3) is 0 Å². The van der Waals surface area contributed by atoms with Gasteiger partial charge in [-0.05, 0) is 20.3 Å². The Morgan fingerprint density at radius 3 is 2.60 bits per heavy atom. The number of rotatable bonds is 6. The average Bonchev–Trinajstić information content (AvgIpc) is 3.01. The zero-order chi connectivity index (χ0) is 18.0. The van der Waals surface area contributed by atoms with E-state index in [2.05, 4.69) is 48.7 Å². The Morgan fingerprint density at radius 1 is 1.44 bits per heavy atom. The van der Waals surface area contributed by atoms with E-state index in [9.17, 15) is 0 Å². The highest BCUT2D eigenvalue weighted by atomic mass is 127. The monoisotopic (exact) mass is 481 g/mol. The van der Waals surface area contributed by atoms with E-state index in [1.807, 2.05) is 19.0 Å². The third-order valence-corrected chi connectivity index (χ3v) is 6.31. The number of anilines is 1. The molecule has 144 valence electrons. The molecule has 1 heterocycles. The van der Waals surface area contributed by atoms with E-state index in [-0.39, 0.29) is 35.0 Å². The van der Waals surface area contributed by atoms with Crippen molar-refractivity contribution in [2.75, 3.05) is 32.6 Å². The number of aromatic nitrogens is 1. The number of aliphatic imine (C=N–C) groups is 1. The molecule has 0 bridgehead atoms. The summed E-state index contributed by atoms with van der Waals surface area (Å²) in [6.45, 7) is 10.1. The van der Waals surface area contributed by atoms with Gasteiger partial charge in [0.1, 0.15) is 0 Å². The molecule has 0 aromatic carbocycles. The van der Waals surface area contributed by atoms with Crippen molar-refractivity contribution in [1.29, 1.82) is 0 Å². The molecule has 0 radical (unpaired) electrons. The van der Waals surface area contributed by atoms with E-state index in [1.165, 1.54) is 0 Å². The molecule has 1 saturated carbocycles. The summed E-state index contributed by atoms with van der Waals surface area (Å²) >= 11 is 1.64. The number of methoxy groups -OCH3 is 1. The van der Waals surface area contributed by atoms with Crippen molar-refractivity contribution in [2.45, 2.75) is 52.3 Å². The predicted molar refractivity (Wildman–Crippen MR) is 117 cm³/mol. The van der Waals surface area contributed by atoms with Gasteiger partial charge in [-0.1, -0.05) is 13.8 Å². The highest BCUT2D eigenvalue weighted by Gasteiger charge is 2.58. The number of nitrogens with zero attached hydrogens (tertiary/aromatic N) is 3. The zero-order valence-electron chi connectivity index (χ0n) is 16.3. The number of thiazole rings is 1. The molecule has 0 saturated heterocycles. The summed E-state index contributed by atoms with van der Waals surface area (Å²) in [6.07, 6.45) is 0.975. The molecule has 0 spiro atoms. The summed E-state index contributed by atoms with van der Waals surface area (Å²) in [5, 5.41) is 9.96. The molecule has 2 rings (SSSR count). The topological polar surface area (TPSA) is 61.8 Å². The van der Waals surface area contributed by atoms with E-state index < -0.39 is 0 Å². The lowest BCUT2D eigenvalue weighted by molar-refractivity contribution is -0.176. The Kier molecular flexibility index (Phi) is 7.94. The molecule has 2 atom stereocenters. The minimum atomic E-state index is -0.0858. The highest BCUT2D eigenvalue weighted by Crippen LogP contribution is 2.51. The largest absolute Gasteiger partial charge is 0.378 e. The van der Waals surface area contributed by atoms with Crippen LogP contribution in [-0.2, 0) is 11.3 Å². The minimum Gasteiger partial charge on any atom is -0.378 e. The summed E-state index contributed by atoms with van der Waals surface area (Å²) in [5.74, 6) is 0.841. The second-order valence-corrected chi connectivity index (χ2v) is 8.11. The van der Waals surface area contributed by atoms with Crippen molar-refractivity contribution in [1.82, 2.24) is 15.6 Å². The van der Waals surface area contributed by atoms with Crippen molar-refractivity contribution < 1.29 is 4.74 Å². The summed E-state index contributed by atoms with van der Waals surface area (Å²) in [6, 6.07) is 0.341. The molecule has 2 N–H and O–H groups in total. The molecule has 2 unspecified atom stereocenters. The second-order valence-electron chi connectivity index (χ2n) is 7.27. The molecule has 1 aliphatic carbocycles. The van der Waals surface area contributed by atoms with Gasteiger partial charge in [0.2, 0.25) is 0 Å². The molecule has 0 amide bonds. The fourth-order valence-corrected chi connectivity index (χ4v) is 3.69. The summed E-state index contributed by atoms with van der Waals surface area (Å²) < 4.78 is 5.70. The Labute approximate surface area is 172 Å². The molecule has 1 aromatic rings. The van der Waals surface area contributed by atoms with Gasteiger partial charge in [-0.2, -0.15) is 0 Å². The number of guanidine groups is 1. The lowest BCUT2D eigenvalue weighted by atomic mass is 9.56. The Hall–Kier alpha value is -0.610. The molecule has 1 aliphatic rings. The normalized spacial score (nSPS) is 24.9. The SMILES string of the molecule is CCNC(=NCc1csc(N(C)C)n1)NC1CC(C)(OC)C1(C)C.I. The van der Waals surface area contributed by atoms with Gasteiger partial charge < -0.3 is 20.3 Å². The van der Waals surface area contributed by atoms with Crippen LogP contribution in [0.15, 0.2) is 10.4 Å². The highest BCUT2D eigenvalue weighted by molar-refractivity contribution is 14.0. The van der Waals surface area contributed by atoms with Crippen molar-refractivity contribution in [3.8, 4) is 0 Å². The lowest BCUT2D eigenvalue weighted by Crippen LogP contribution is -2.69. The fourth-order valence-electron chi connectivity index (χ4n) is 2.94. The molecule has 6 nitrogen and oxygen atoms in total. The molecule has 1 fully saturated rings. The predicted octanol–water partition coefficient (Wildman–Crippen LogP) is 3.09. The number of ether oxygens (including phenoxy) is 1. The quantitative estimate of drug-likeness (QED) is 0.372. The van der Waals surface area contributed by atoms with Crippen molar-refractivity contribution in [2.24, 2.45) is 10.4 Å². The number of nitrogens with one attached hydrogen (secondary N) is 2. The van der Waals surface area contributed by atoms with E-state index in [0.717, 1.165) is 29.8 Å². The maximum atomic E-state index is 5.70. The van der Waals surface area contributed by atoms with Gasteiger partial charge in [0.15, 0.2) is 11.1 Å². The van der Waals surface area contributed by atoms with Gasteiger partial charge in [0, 0.05) is 44.6 Å². The van der Waals surface area contributed by atoms with Gasteiger partial charge in [0.25, 0.3) is 0 Å². The van der Waals surface area contributed by atoms with Crippen molar-refractivity contribution >= 4 is 46.4 Å². The van der Waals surface area contributed by atoms with Gasteiger partial charge in [-0.3, -0.25) is 0 Å². The van der Waals surface area contributed by atoms with Crippen LogP contribution >= 0.6 is 35.3 Å². The molecule has 8 heteroatoms.